The average Bonchev–Trinajstić information content (AvgIpc) is 2.47. The van der Waals surface area contributed by atoms with Crippen molar-refractivity contribution < 1.29 is 9.90 Å². The van der Waals surface area contributed by atoms with Gasteiger partial charge in [-0.15, -0.1) is 0 Å². The molecule has 3 nitrogen and oxygen atoms in total. The molecule has 0 aliphatic carbocycles. The molecule has 0 radical (unpaired) electrons. The van der Waals surface area contributed by atoms with Gasteiger partial charge in [0, 0.05) is 12.4 Å². The topological polar surface area (TPSA) is 50.2 Å². The third-order valence-corrected chi connectivity index (χ3v) is 3.28. The molecule has 3 heteroatoms. The van der Waals surface area contributed by atoms with E-state index < -0.39 is 5.97 Å². The van der Waals surface area contributed by atoms with Gasteiger partial charge in [0.25, 0.3) is 0 Å². The molecule has 2 aromatic carbocycles. The fourth-order valence-corrected chi connectivity index (χ4v) is 2.28. The second-order valence-corrected chi connectivity index (χ2v) is 4.74. The molecule has 0 spiro atoms. The lowest BCUT2D eigenvalue weighted by Gasteiger charge is -2.05. The van der Waals surface area contributed by atoms with Crippen LogP contribution in [0.1, 0.15) is 21.5 Å². The summed E-state index contributed by atoms with van der Waals surface area (Å²) in [7, 11) is 0. The van der Waals surface area contributed by atoms with E-state index in [9.17, 15) is 4.79 Å². The number of hydrogen-bond donors (Lipinski definition) is 1. The maximum absolute atomic E-state index is 10.9. The van der Waals surface area contributed by atoms with Gasteiger partial charge in [0.2, 0.25) is 0 Å². The number of hydrogen-bond acceptors (Lipinski definition) is 2. The minimum absolute atomic E-state index is 0.317. The van der Waals surface area contributed by atoms with Gasteiger partial charge in [-0.05, 0) is 46.5 Å². The fourth-order valence-electron chi connectivity index (χ4n) is 2.28. The van der Waals surface area contributed by atoms with E-state index in [0.717, 1.165) is 22.8 Å². The molecule has 0 amide bonds. The second kappa shape index (κ2) is 5.13. The molecule has 0 aliphatic heterocycles. The van der Waals surface area contributed by atoms with Crippen molar-refractivity contribution >= 4 is 16.7 Å². The van der Waals surface area contributed by atoms with Gasteiger partial charge in [-0.3, -0.25) is 4.98 Å². The van der Waals surface area contributed by atoms with Crippen LogP contribution in [-0.4, -0.2) is 16.1 Å². The highest BCUT2D eigenvalue weighted by Gasteiger charge is 2.04. The van der Waals surface area contributed by atoms with Crippen molar-refractivity contribution in [3.05, 3.63) is 77.6 Å². The van der Waals surface area contributed by atoms with Crippen molar-refractivity contribution in [2.24, 2.45) is 0 Å². The van der Waals surface area contributed by atoms with Crippen LogP contribution >= 0.6 is 0 Å². The molecule has 3 rings (SSSR count). The van der Waals surface area contributed by atoms with Gasteiger partial charge in [0.1, 0.15) is 0 Å². The lowest BCUT2D eigenvalue weighted by molar-refractivity contribution is 0.0697. The molecular weight excluding hydrogens is 250 g/mol. The highest BCUT2D eigenvalue weighted by atomic mass is 16.4. The molecule has 0 saturated heterocycles. The Morgan fingerprint density at radius 2 is 1.80 bits per heavy atom. The summed E-state index contributed by atoms with van der Waals surface area (Å²) in [4.78, 5) is 15.1. The van der Waals surface area contributed by atoms with Crippen molar-refractivity contribution in [1.29, 1.82) is 0 Å². The molecule has 0 aliphatic rings. The Morgan fingerprint density at radius 3 is 2.55 bits per heavy atom. The van der Waals surface area contributed by atoms with E-state index >= 15 is 0 Å². The first-order valence-corrected chi connectivity index (χ1v) is 6.37. The molecule has 0 fully saturated rings. The number of pyridine rings is 1. The molecule has 1 heterocycles. The Hall–Kier alpha value is -2.68. The monoisotopic (exact) mass is 263 g/mol. The quantitative estimate of drug-likeness (QED) is 0.786. The van der Waals surface area contributed by atoms with Gasteiger partial charge in [-0.2, -0.15) is 0 Å². The zero-order valence-corrected chi connectivity index (χ0v) is 10.8. The van der Waals surface area contributed by atoms with Crippen LogP contribution in [0.5, 0.6) is 0 Å². The maximum atomic E-state index is 10.9. The highest BCUT2D eigenvalue weighted by Crippen LogP contribution is 2.19. The van der Waals surface area contributed by atoms with Crippen LogP contribution < -0.4 is 0 Å². The minimum Gasteiger partial charge on any atom is -0.478 e. The van der Waals surface area contributed by atoms with Gasteiger partial charge in [0.15, 0.2) is 0 Å². The van der Waals surface area contributed by atoms with Crippen LogP contribution in [-0.2, 0) is 6.42 Å². The van der Waals surface area contributed by atoms with Crippen molar-refractivity contribution in [2.45, 2.75) is 6.42 Å². The number of nitrogens with zero attached hydrogens (tertiary/aromatic N) is 1. The lowest BCUT2D eigenvalue weighted by Crippen LogP contribution is -1.95. The number of carboxylic acid groups (broad SMARTS) is 1. The van der Waals surface area contributed by atoms with Crippen LogP contribution in [0.4, 0.5) is 0 Å². The van der Waals surface area contributed by atoms with Crippen LogP contribution in [0.15, 0.2) is 60.9 Å². The molecular formula is C17H13NO2. The molecule has 0 bridgehead atoms. The smallest absolute Gasteiger partial charge is 0.335 e. The Balaban J connectivity index is 1.95. The minimum atomic E-state index is -0.897. The van der Waals surface area contributed by atoms with Crippen molar-refractivity contribution in [3.63, 3.8) is 0 Å². The lowest BCUT2D eigenvalue weighted by atomic mass is 10.0. The summed E-state index contributed by atoms with van der Waals surface area (Å²) in [5, 5.41) is 11.0. The van der Waals surface area contributed by atoms with Crippen LogP contribution in [0.25, 0.3) is 10.8 Å². The summed E-state index contributed by atoms with van der Waals surface area (Å²) in [5.74, 6) is -0.897. The van der Waals surface area contributed by atoms with E-state index in [1.807, 2.05) is 36.5 Å². The maximum Gasteiger partial charge on any atom is 0.335 e. The third-order valence-electron chi connectivity index (χ3n) is 3.28. The zero-order chi connectivity index (χ0) is 13.9. The van der Waals surface area contributed by atoms with E-state index in [4.69, 9.17) is 5.11 Å². The normalized spacial score (nSPS) is 10.6. The van der Waals surface area contributed by atoms with Crippen molar-refractivity contribution in [1.82, 2.24) is 4.98 Å². The first-order chi connectivity index (χ1) is 9.72. The number of fused-ring (bicyclic) bond motifs is 1. The Bertz CT molecular complexity index is 766. The van der Waals surface area contributed by atoms with Gasteiger partial charge >= 0.3 is 5.97 Å². The summed E-state index contributed by atoms with van der Waals surface area (Å²) < 4.78 is 0. The zero-order valence-electron chi connectivity index (χ0n) is 10.8. The SMILES string of the molecule is O=C(O)c1ccc2cc(Cc3cccnc3)ccc2c1. The Kier molecular flexibility index (Phi) is 3.17. The average molecular weight is 263 g/mol. The fraction of sp³-hybridized carbons (Fsp3) is 0.0588. The molecule has 98 valence electrons. The number of carbonyl (C=O) groups is 1. The predicted octanol–water partition coefficient (Wildman–Crippen LogP) is 3.52. The van der Waals surface area contributed by atoms with Crippen LogP contribution in [0.2, 0.25) is 0 Å². The Labute approximate surface area is 116 Å². The Morgan fingerprint density at radius 1 is 1.00 bits per heavy atom. The summed E-state index contributed by atoms with van der Waals surface area (Å²) in [6, 6.07) is 15.2. The second-order valence-electron chi connectivity index (χ2n) is 4.74. The van der Waals surface area contributed by atoms with E-state index in [-0.39, 0.29) is 0 Å². The van der Waals surface area contributed by atoms with Crippen molar-refractivity contribution in [2.75, 3.05) is 0 Å². The number of aromatic carboxylic acids is 1. The molecule has 20 heavy (non-hydrogen) atoms. The largest absolute Gasteiger partial charge is 0.478 e. The summed E-state index contributed by atoms with van der Waals surface area (Å²) in [6.07, 6.45) is 4.44. The van der Waals surface area contributed by atoms with E-state index in [0.29, 0.717) is 5.56 Å². The van der Waals surface area contributed by atoms with Gasteiger partial charge in [0.05, 0.1) is 5.56 Å². The third kappa shape index (κ3) is 2.52. The molecule has 0 atom stereocenters. The number of rotatable bonds is 3. The van der Waals surface area contributed by atoms with Gasteiger partial charge in [-0.1, -0.05) is 30.3 Å². The number of aromatic nitrogens is 1. The molecule has 0 saturated carbocycles. The van der Waals surface area contributed by atoms with E-state index in [1.165, 1.54) is 5.56 Å². The highest BCUT2D eigenvalue weighted by molar-refractivity contribution is 5.94. The molecule has 1 N–H and O–H groups in total. The number of benzene rings is 2. The van der Waals surface area contributed by atoms with Gasteiger partial charge < -0.3 is 5.11 Å². The summed E-state index contributed by atoms with van der Waals surface area (Å²) in [6.45, 7) is 0. The summed E-state index contributed by atoms with van der Waals surface area (Å²) >= 11 is 0. The first-order valence-electron chi connectivity index (χ1n) is 6.37. The predicted molar refractivity (Wildman–Crippen MR) is 78.0 cm³/mol. The molecule has 3 aromatic rings. The van der Waals surface area contributed by atoms with Crippen LogP contribution in [0, 0.1) is 0 Å². The summed E-state index contributed by atoms with van der Waals surface area (Å²) in [5.41, 5.74) is 2.67. The molecule has 0 unspecified atom stereocenters. The van der Waals surface area contributed by atoms with Crippen LogP contribution in [0.3, 0.4) is 0 Å². The molecule has 1 aromatic heterocycles. The first kappa shape index (κ1) is 12.4. The van der Waals surface area contributed by atoms with E-state index in [2.05, 4.69) is 11.1 Å². The van der Waals surface area contributed by atoms with Gasteiger partial charge in [-0.25, -0.2) is 4.79 Å². The van der Waals surface area contributed by atoms with Crippen molar-refractivity contribution in [3.8, 4) is 0 Å². The number of carboxylic acids is 1. The standard InChI is InChI=1S/C17H13NO2/c19-17(20)16-6-5-14-9-12(3-4-15(14)10-16)8-13-2-1-7-18-11-13/h1-7,9-11H,8H2,(H,19,20). The van der Waals surface area contributed by atoms with E-state index in [1.54, 1.807) is 18.3 Å².